The van der Waals surface area contributed by atoms with Crippen LogP contribution in [0.15, 0.2) is 18.2 Å². The Bertz CT molecular complexity index is 629. The maximum absolute atomic E-state index is 10.4. The Balaban J connectivity index is 0.000000187. The molecule has 6 N–H and O–H groups in total. The largest absolute Gasteiger partial charge is 0.479 e. The predicted molar refractivity (Wildman–Crippen MR) is 93.0 cm³/mol. The number of aliphatic hydroxyl groups is 4. The number of fused-ring (bicyclic) bond motifs is 1. The van der Waals surface area contributed by atoms with E-state index in [0.717, 1.165) is 24.5 Å². The van der Waals surface area contributed by atoms with E-state index < -0.39 is 36.7 Å². The summed E-state index contributed by atoms with van der Waals surface area (Å²) < 4.78 is 4.34. The summed E-state index contributed by atoms with van der Waals surface area (Å²) in [4.78, 5) is 10.4. The van der Waals surface area contributed by atoms with Crippen LogP contribution in [0.3, 0.4) is 0 Å². The van der Waals surface area contributed by atoms with Crippen LogP contribution in [0, 0.1) is 0 Å². The molecule has 1 fully saturated rings. The lowest BCUT2D eigenvalue weighted by molar-refractivity contribution is -0.279. The molecular formula is C17H24ClNO7. The minimum Gasteiger partial charge on any atom is -0.479 e. The molecule has 0 bridgehead atoms. The number of halogens is 1. The summed E-state index contributed by atoms with van der Waals surface area (Å²) in [6.07, 6.45) is -7.60. The molecule has 6 atom stereocenters. The number of aliphatic hydroxyl groups excluding tert-OH is 4. The number of hydrogen-bond acceptors (Lipinski definition) is 7. The first-order valence-corrected chi connectivity index (χ1v) is 8.69. The van der Waals surface area contributed by atoms with E-state index in [9.17, 15) is 4.79 Å². The molecule has 0 aliphatic carbocycles. The highest BCUT2D eigenvalue weighted by atomic mass is 35.5. The number of nitrogens with one attached hydrogen (secondary N) is 1. The summed E-state index contributed by atoms with van der Waals surface area (Å²) in [7, 11) is 0. The molecule has 0 spiro atoms. The van der Waals surface area contributed by atoms with Gasteiger partial charge in [-0.2, -0.15) is 0 Å². The molecule has 146 valence electrons. The van der Waals surface area contributed by atoms with Crippen LogP contribution in [0.1, 0.15) is 24.0 Å². The van der Waals surface area contributed by atoms with Crippen molar-refractivity contribution in [1.29, 1.82) is 0 Å². The fraction of sp³-hybridized carbons (Fsp3) is 0.588. The maximum atomic E-state index is 10.4. The molecule has 0 aromatic heterocycles. The van der Waals surface area contributed by atoms with Gasteiger partial charge in [0.1, 0.15) is 18.3 Å². The number of hydrogen-bond donors (Lipinski definition) is 6. The van der Waals surface area contributed by atoms with Crippen molar-refractivity contribution in [1.82, 2.24) is 5.32 Å². The molecular weight excluding hydrogens is 366 g/mol. The Morgan fingerprint density at radius 1 is 1.19 bits per heavy atom. The van der Waals surface area contributed by atoms with Gasteiger partial charge in [0, 0.05) is 11.6 Å². The third kappa shape index (κ3) is 4.92. The van der Waals surface area contributed by atoms with Gasteiger partial charge in [-0.3, -0.25) is 0 Å². The second kappa shape index (κ2) is 9.09. The Hall–Kier alpha value is -1.26. The lowest BCUT2D eigenvalue weighted by atomic mass is 9.96. The fourth-order valence-electron chi connectivity index (χ4n) is 2.97. The van der Waals surface area contributed by atoms with Crippen LogP contribution in [0.25, 0.3) is 0 Å². The molecule has 0 saturated carbocycles. The molecule has 1 saturated heterocycles. The third-order valence-electron chi connectivity index (χ3n) is 4.49. The lowest BCUT2D eigenvalue weighted by Gasteiger charge is -2.36. The van der Waals surface area contributed by atoms with E-state index in [2.05, 4.69) is 29.1 Å². The number of rotatable bonds is 1. The minimum absolute atomic E-state index is 0.580. The monoisotopic (exact) mass is 389 g/mol. The average molecular weight is 390 g/mol. The van der Waals surface area contributed by atoms with Crippen molar-refractivity contribution in [3.05, 3.63) is 34.3 Å². The highest BCUT2D eigenvalue weighted by molar-refractivity contribution is 6.30. The summed E-state index contributed by atoms with van der Waals surface area (Å²) >= 11 is 5.97. The van der Waals surface area contributed by atoms with E-state index in [1.807, 2.05) is 6.07 Å². The molecule has 1 aromatic carbocycles. The molecule has 9 heteroatoms. The lowest BCUT2D eigenvalue weighted by Crippen LogP contribution is -2.59. The van der Waals surface area contributed by atoms with Gasteiger partial charge in [0.25, 0.3) is 0 Å². The molecule has 2 aliphatic rings. The number of carboxylic acids is 1. The fourth-order valence-corrected chi connectivity index (χ4v) is 3.15. The van der Waals surface area contributed by atoms with Crippen LogP contribution >= 0.6 is 11.6 Å². The quantitative estimate of drug-likeness (QED) is 0.376. The van der Waals surface area contributed by atoms with Gasteiger partial charge in [0.2, 0.25) is 0 Å². The van der Waals surface area contributed by atoms with Crippen LogP contribution < -0.4 is 5.32 Å². The standard InChI is InChI=1S/C11H14ClN.C6H10O7/c1-8-7-13-5-4-9-2-3-10(12)6-11(8)9;7-1-2(8)4(5(10)11)13-6(12)3(1)9/h2-3,6,8,13H,4-5,7H2,1H3;1-4,6-9,12H,(H,10,11)/t8-;1-,2-,3+,4-,6+/m00/s1. The zero-order chi connectivity index (χ0) is 19.4. The van der Waals surface area contributed by atoms with E-state index in [1.54, 1.807) is 0 Å². The Labute approximate surface area is 156 Å². The summed E-state index contributed by atoms with van der Waals surface area (Å²) in [6.45, 7) is 4.39. The number of aliphatic carboxylic acids is 1. The van der Waals surface area contributed by atoms with Crippen LogP contribution in [-0.4, -0.2) is 75.3 Å². The SMILES string of the molecule is C[C@H]1CNCCc2ccc(Cl)cc21.O=C(O)[C@H]1O[C@@H](O)[C@H](O)[C@@H](O)[C@@H]1O. The first kappa shape index (κ1) is 21.0. The Morgan fingerprint density at radius 3 is 2.54 bits per heavy atom. The number of carboxylic acid groups (broad SMARTS) is 1. The van der Waals surface area contributed by atoms with Gasteiger partial charge in [0.15, 0.2) is 12.4 Å². The van der Waals surface area contributed by atoms with E-state index >= 15 is 0 Å². The molecule has 3 rings (SSSR count). The van der Waals surface area contributed by atoms with E-state index in [0.29, 0.717) is 5.92 Å². The summed E-state index contributed by atoms with van der Waals surface area (Å²) in [5, 5.41) is 48.6. The minimum atomic E-state index is -1.81. The molecule has 1 aromatic rings. The summed E-state index contributed by atoms with van der Waals surface area (Å²) in [5.41, 5.74) is 2.86. The first-order chi connectivity index (χ1) is 12.2. The van der Waals surface area contributed by atoms with Gasteiger partial charge >= 0.3 is 5.97 Å². The maximum Gasteiger partial charge on any atom is 0.335 e. The highest BCUT2D eigenvalue weighted by Gasteiger charge is 2.46. The molecule has 2 heterocycles. The third-order valence-corrected chi connectivity index (χ3v) is 4.73. The number of ether oxygens (including phenoxy) is 1. The Kier molecular flexibility index (Phi) is 7.36. The average Bonchev–Trinajstić information content (AvgIpc) is 2.78. The van der Waals surface area contributed by atoms with Gasteiger partial charge in [-0.15, -0.1) is 0 Å². The first-order valence-electron chi connectivity index (χ1n) is 8.32. The van der Waals surface area contributed by atoms with E-state index in [4.69, 9.17) is 37.1 Å². The highest BCUT2D eigenvalue weighted by Crippen LogP contribution is 2.25. The van der Waals surface area contributed by atoms with Crippen molar-refractivity contribution in [3.63, 3.8) is 0 Å². The van der Waals surface area contributed by atoms with Crippen molar-refractivity contribution < 1.29 is 35.1 Å². The topological polar surface area (TPSA) is 139 Å². The van der Waals surface area contributed by atoms with E-state index in [-0.39, 0.29) is 0 Å². The second-order valence-corrected chi connectivity index (χ2v) is 6.89. The molecule has 26 heavy (non-hydrogen) atoms. The van der Waals surface area contributed by atoms with Crippen LogP contribution in [-0.2, 0) is 16.0 Å². The van der Waals surface area contributed by atoms with Crippen LogP contribution in [0.5, 0.6) is 0 Å². The van der Waals surface area contributed by atoms with Crippen molar-refractivity contribution in [2.45, 2.75) is 50.0 Å². The summed E-state index contributed by atoms with van der Waals surface area (Å²) in [5.74, 6) is -0.936. The van der Waals surface area contributed by atoms with Crippen molar-refractivity contribution in [2.75, 3.05) is 13.1 Å². The van der Waals surface area contributed by atoms with Gasteiger partial charge in [-0.1, -0.05) is 24.6 Å². The smallest absolute Gasteiger partial charge is 0.335 e. The molecule has 0 radical (unpaired) electrons. The molecule has 8 nitrogen and oxygen atoms in total. The van der Waals surface area contributed by atoms with Crippen molar-refractivity contribution in [3.8, 4) is 0 Å². The number of benzene rings is 1. The van der Waals surface area contributed by atoms with E-state index in [1.165, 1.54) is 11.1 Å². The second-order valence-electron chi connectivity index (χ2n) is 6.46. The Morgan fingerprint density at radius 2 is 1.88 bits per heavy atom. The summed E-state index contributed by atoms with van der Waals surface area (Å²) in [6, 6.07) is 6.24. The zero-order valence-electron chi connectivity index (χ0n) is 14.2. The number of carbonyl (C=O) groups is 1. The van der Waals surface area contributed by atoms with Crippen LogP contribution in [0.2, 0.25) is 5.02 Å². The van der Waals surface area contributed by atoms with Gasteiger partial charge in [-0.25, -0.2) is 4.79 Å². The predicted octanol–water partition coefficient (Wildman–Crippen LogP) is -0.540. The zero-order valence-corrected chi connectivity index (χ0v) is 15.0. The van der Waals surface area contributed by atoms with Crippen molar-refractivity contribution in [2.24, 2.45) is 0 Å². The van der Waals surface area contributed by atoms with Crippen molar-refractivity contribution >= 4 is 17.6 Å². The van der Waals surface area contributed by atoms with Gasteiger partial charge < -0.3 is 35.6 Å². The molecule has 2 aliphatic heterocycles. The molecule has 0 unspecified atom stereocenters. The van der Waals surface area contributed by atoms with Gasteiger partial charge in [0.05, 0.1) is 0 Å². The van der Waals surface area contributed by atoms with Gasteiger partial charge in [-0.05, 0) is 42.1 Å². The molecule has 0 amide bonds. The van der Waals surface area contributed by atoms with Crippen LogP contribution in [0.4, 0.5) is 0 Å². The normalized spacial score (nSPS) is 34.1.